The van der Waals surface area contributed by atoms with Gasteiger partial charge in [0.15, 0.2) is 0 Å². The Morgan fingerprint density at radius 3 is 2.54 bits per heavy atom. The van der Waals surface area contributed by atoms with Crippen molar-refractivity contribution in [1.29, 1.82) is 0 Å². The summed E-state index contributed by atoms with van der Waals surface area (Å²) in [5.74, 6) is 0.920. The molecule has 1 N–H and O–H groups in total. The molecule has 0 radical (unpaired) electrons. The zero-order chi connectivity index (χ0) is 16.9. The van der Waals surface area contributed by atoms with Gasteiger partial charge in [0, 0.05) is 56.8 Å². The van der Waals surface area contributed by atoms with Crippen LogP contribution in [0.3, 0.4) is 0 Å². The monoisotopic (exact) mass is 327 g/mol. The number of benzene rings is 1. The number of piperazine rings is 1. The van der Waals surface area contributed by atoms with Gasteiger partial charge in [0.2, 0.25) is 5.96 Å². The van der Waals surface area contributed by atoms with Crippen molar-refractivity contribution in [1.82, 2.24) is 10.2 Å². The van der Waals surface area contributed by atoms with Crippen molar-refractivity contribution >= 4 is 17.3 Å². The molecule has 0 spiro atoms. The van der Waals surface area contributed by atoms with Crippen molar-refractivity contribution in [2.24, 2.45) is 4.99 Å². The fraction of sp³-hybridized carbons (Fsp3) is 0.526. The average Bonchev–Trinajstić information content (AvgIpc) is 2.62. The minimum absolute atomic E-state index is 0.384. The zero-order valence-electron chi connectivity index (χ0n) is 15.1. The second-order valence-electron chi connectivity index (χ2n) is 6.70. The summed E-state index contributed by atoms with van der Waals surface area (Å²) in [6.07, 6.45) is 6.35. The van der Waals surface area contributed by atoms with Crippen LogP contribution in [-0.4, -0.2) is 57.2 Å². The zero-order valence-corrected chi connectivity index (χ0v) is 15.1. The number of hydrogen-bond donors (Lipinski definition) is 1. The number of anilines is 2. The third-order valence-electron chi connectivity index (χ3n) is 4.85. The van der Waals surface area contributed by atoms with Gasteiger partial charge in [-0.2, -0.15) is 0 Å². The first-order chi connectivity index (χ1) is 11.7. The van der Waals surface area contributed by atoms with Gasteiger partial charge in [-0.3, -0.25) is 0 Å². The van der Waals surface area contributed by atoms with Gasteiger partial charge in [-0.15, -0.1) is 0 Å². The van der Waals surface area contributed by atoms with E-state index >= 15 is 0 Å². The van der Waals surface area contributed by atoms with Crippen molar-refractivity contribution in [3.63, 3.8) is 0 Å². The minimum atomic E-state index is 0.384. The van der Waals surface area contributed by atoms with Crippen molar-refractivity contribution in [3.8, 4) is 0 Å². The van der Waals surface area contributed by atoms with Gasteiger partial charge in [-0.05, 0) is 43.8 Å². The highest BCUT2D eigenvalue weighted by Crippen LogP contribution is 2.22. The Balaban J connectivity index is 1.65. The predicted octanol–water partition coefficient (Wildman–Crippen LogP) is 2.52. The van der Waals surface area contributed by atoms with E-state index in [1.165, 1.54) is 12.1 Å². The Bertz CT molecular complexity index is 584. The average molecular weight is 327 g/mol. The maximum absolute atomic E-state index is 4.49. The van der Waals surface area contributed by atoms with E-state index in [2.05, 4.69) is 76.4 Å². The van der Waals surface area contributed by atoms with Crippen LogP contribution in [0.4, 0.5) is 11.4 Å². The van der Waals surface area contributed by atoms with Crippen molar-refractivity contribution in [2.45, 2.75) is 25.8 Å². The summed E-state index contributed by atoms with van der Waals surface area (Å²) in [5, 5.41) is 3.51. The molecular formula is C19H29N5. The fourth-order valence-electron chi connectivity index (χ4n) is 3.21. The van der Waals surface area contributed by atoms with Crippen LogP contribution in [0.1, 0.15) is 19.8 Å². The fourth-order valence-corrected chi connectivity index (χ4v) is 3.21. The number of nitrogens with zero attached hydrogens (tertiary/aromatic N) is 4. The molecule has 1 aromatic carbocycles. The molecule has 1 saturated heterocycles. The van der Waals surface area contributed by atoms with Crippen molar-refractivity contribution < 1.29 is 0 Å². The lowest BCUT2D eigenvalue weighted by Gasteiger charge is -2.34. The van der Waals surface area contributed by atoms with Crippen molar-refractivity contribution in [3.05, 3.63) is 36.5 Å². The third-order valence-corrected chi connectivity index (χ3v) is 4.85. The Kier molecular flexibility index (Phi) is 5.41. The number of guanidine groups is 1. The quantitative estimate of drug-likeness (QED) is 0.921. The first-order valence-electron chi connectivity index (χ1n) is 8.95. The Morgan fingerprint density at radius 2 is 1.88 bits per heavy atom. The van der Waals surface area contributed by atoms with E-state index in [9.17, 15) is 0 Å². The molecule has 0 amide bonds. The predicted molar refractivity (Wildman–Crippen MR) is 103 cm³/mol. The molecule has 5 nitrogen and oxygen atoms in total. The third kappa shape index (κ3) is 3.90. The molecule has 0 aliphatic carbocycles. The summed E-state index contributed by atoms with van der Waals surface area (Å²) >= 11 is 0. The van der Waals surface area contributed by atoms with Gasteiger partial charge in [0.25, 0.3) is 0 Å². The van der Waals surface area contributed by atoms with Gasteiger partial charge in [0.1, 0.15) is 0 Å². The highest BCUT2D eigenvalue weighted by molar-refractivity contribution is 5.96. The summed E-state index contributed by atoms with van der Waals surface area (Å²) in [6, 6.07) is 9.20. The first-order valence-corrected chi connectivity index (χ1v) is 8.95. The van der Waals surface area contributed by atoms with E-state index in [0.717, 1.165) is 44.2 Å². The van der Waals surface area contributed by atoms with Gasteiger partial charge >= 0.3 is 0 Å². The summed E-state index contributed by atoms with van der Waals surface area (Å²) in [7, 11) is 4.26. The van der Waals surface area contributed by atoms with E-state index in [4.69, 9.17) is 0 Å². The molecule has 0 aromatic heterocycles. The van der Waals surface area contributed by atoms with Crippen LogP contribution in [0.2, 0.25) is 0 Å². The Labute approximate surface area is 145 Å². The largest absolute Gasteiger partial charge is 0.369 e. The van der Waals surface area contributed by atoms with E-state index in [1.54, 1.807) is 0 Å². The SMILES string of the molecule is CCCC1C=CN=C(N(C)c2ccc(N3CCN(C)CC3)cc2)N1. The minimum Gasteiger partial charge on any atom is -0.369 e. The van der Waals surface area contributed by atoms with E-state index < -0.39 is 0 Å². The van der Waals surface area contributed by atoms with Crippen LogP contribution in [-0.2, 0) is 0 Å². The van der Waals surface area contributed by atoms with Crippen LogP contribution in [0.15, 0.2) is 41.5 Å². The maximum atomic E-state index is 4.49. The lowest BCUT2D eigenvalue weighted by atomic mass is 10.1. The van der Waals surface area contributed by atoms with Crippen LogP contribution >= 0.6 is 0 Å². The van der Waals surface area contributed by atoms with E-state index in [0.29, 0.717) is 6.04 Å². The molecule has 0 bridgehead atoms. The number of likely N-dealkylation sites (N-methyl/N-ethyl adjacent to an activating group) is 1. The molecule has 5 heteroatoms. The molecular weight excluding hydrogens is 298 g/mol. The number of rotatable bonds is 4. The van der Waals surface area contributed by atoms with Gasteiger partial charge in [-0.25, -0.2) is 4.99 Å². The van der Waals surface area contributed by atoms with Gasteiger partial charge in [0.05, 0.1) is 0 Å². The smallest absolute Gasteiger partial charge is 0.203 e. The molecule has 3 rings (SSSR count). The summed E-state index contributed by atoms with van der Waals surface area (Å²) < 4.78 is 0. The Hall–Kier alpha value is -2.01. The van der Waals surface area contributed by atoms with E-state index in [-0.39, 0.29) is 0 Å². The maximum Gasteiger partial charge on any atom is 0.203 e. The molecule has 2 heterocycles. The van der Waals surface area contributed by atoms with Crippen LogP contribution < -0.4 is 15.1 Å². The van der Waals surface area contributed by atoms with E-state index in [1.807, 2.05) is 6.20 Å². The molecule has 1 atom stereocenters. The number of nitrogens with one attached hydrogen (secondary N) is 1. The molecule has 1 fully saturated rings. The molecule has 1 aromatic rings. The highest BCUT2D eigenvalue weighted by atomic mass is 15.3. The molecule has 1 unspecified atom stereocenters. The second-order valence-corrected chi connectivity index (χ2v) is 6.70. The lowest BCUT2D eigenvalue weighted by molar-refractivity contribution is 0.313. The molecule has 24 heavy (non-hydrogen) atoms. The molecule has 130 valence electrons. The van der Waals surface area contributed by atoms with Crippen LogP contribution in [0, 0.1) is 0 Å². The van der Waals surface area contributed by atoms with Crippen molar-refractivity contribution in [2.75, 3.05) is 50.1 Å². The standard InChI is InChI=1S/C19H29N5/c1-4-5-16-10-11-20-19(21-16)23(3)17-6-8-18(9-7-17)24-14-12-22(2)13-15-24/h6-11,16H,4-5,12-15H2,1-3H3,(H,20,21). The first kappa shape index (κ1) is 16.8. The lowest BCUT2D eigenvalue weighted by Crippen LogP contribution is -2.45. The molecule has 0 saturated carbocycles. The molecule has 2 aliphatic heterocycles. The normalized spacial score (nSPS) is 21.4. The topological polar surface area (TPSA) is 34.1 Å². The number of aliphatic imine (C=N–C) groups is 1. The van der Waals surface area contributed by atoms with Crippen LogP contribution in [0.25, 0.3) is 0 Å². The van der Waals surface area contributed by atoms with Crippen LogP contribution in [0.5, 0.6) is 0 Å². The summed E-state index contributed by atoms with van der Waals surface area (Å²) in [4.78, 5) is 11.5. The summed E-state index contributed by atoms with van der Waals surface area (Å²) in [5.41, 5.74) is 2.47. The van der Waals surface area contributed by atoms with Gasteiger partial charge in [-0.1, -0.05) is 13.3 Å². The molecule has 2 aliphatic rings. The number of hydrogen-bond acceptors (Lipinski definition) is 5. The Morgan fingerprint density at radius 1 is 1.17 bits per heavy atom. The highest BCUT2D eigenvalue weighted by Gasteiger charge is 2.17. The van der Waals surface area contributed by atoms with Gasteiger partial charge < -0.3 is 20.0 Å². The second kappa shape index (κ2) is 7.71. The summed E-state index contributed by atoms with van der Waals surface area (Å²) in [6.45, 7) is 6.68.